The molecule has 1 aliphatic carbocycles. The van der Waals surface area contributed by atoms with Crippen LogP contribution in [0.1, 0.15) is 19.3 Å². The molecular weight excluding hydrogens is 292 g/mol. The first-order chi connectivity index (χ1) is 9.63. The molecule has 1 aromatic carbocycles. The summed E-state index contributed by atoms with van der Waals surface area (Å²) in [7, 11) is -3.37. The normalized spacial score (nSPS) is 23.4. The number of hydrogen-bond donors (Lipinski definition) is 1. The van der Waals surface area contributed by atoms with Gasteiger partial charge < -0.3 is 5.32 Å². The second kappa shape index (κ2) is 5.67. The van der Waals surface area contributed by atoms with Crippen LogP contribution in [0, 0.1) is 0 Å². The van der Waals surface area contributed by atoms with Gasteiger partial charge in [-0.3, -0.25) is 0 Å². The molecule has 6 heteroatoms. The number of sulfonamides is 1. The quantitative estimate of drug-likeness (QED) is 0.844. The van der Waals surface area contributed by atoms with Gasteiger partial charge in [-0.15, -0.1) is 11.8 Å². The van der Waals surface area contributed by atoms with Crippen molar-refractivity contribution in [2.24, 2.45) is 0 Å². The van der Waals surface area contributed by atoms with E-state index < -0.39 is 10.0 Å². The Labute approximate surface area is 125 Å². The molecule has 1 unspecified atom stereocenters. The van der Waals surface area contributed by atoms with Crippen molar-refractivity contribution in [3.8, 4) is 0 Å². The smallest absolute Gasteiger partial charge is 0.243 e. The van der Waals surface area contributed by atoms with Gasteiger partial charge in [0.2, 0.25) is 10.0 Å². The lowest BCUT2D eigenvalue weighted by atomic mass is 10.2. The molecule has 0 spiro atoms. The van der Waals surface area contributed by atoms with Crippen LogP contribution in [0.3, 0.4) is 0 Å². The van der Waals surface area contributed by atoms with E-state index in [1.165, 1.54) is 0 Å². The van der Waals surface area contributed by atoms with E-state index in [-0.39, 0.29) is 12.1 Å². The molecule has 1 heterocycles. The van der Waals surface area contributed by atoms with E-state index in [1.807, 2.05) is 18.4 Å². The van der Waals surface area contributed by atoms with Crippen molar-refractivity contribution in [2.45, 2.75) is 41.1 Å². The van der Waals surface area contributed by atoms with Gasteiger partial charge in [-0.05, 0) is 50.3 Å². The third-order valence-electron chi connectivity index (χ3n) is 3.92. The van der Waals surface area contributed by atoms with Gasteiger partial charge in [-0.25, -0.2) is 8.42 Å². The molecule has 1 aliphatic heterocycles. The van der Waals surface area contributed by atoms with Crippen LogP contribution in [0.4, 0.5) is 0 Å². The van der Waals surface area contributed by atoms with E-state index in [0.717, 1.165) is 37.2 Å². The van der Waals surface area contributed by atoms with Crippen molar-refractivity contribution in [1.82, 2.24) is 9.62 Å². The van der Waals surface area contributed by atoms with Crippen molar-refractivity contribution in [3.05, 3.63) is 24.3 Å². The summed E-state index contributed by atoms with van der Waals surface area (Å²) in [5.74, 6) is 0. The predicted molar refractivity (Wildman–Crippen MR) is 81.5 cm³/mol. The maximum absolute atomic E-state index is 13.0. The SMILES string of the molecule is CSc1cccc(S(=O)(=O)N(C2CC2)C2CCNC2)c1. The molecule has 2 aliphatic rings. The minimum atomic E-state index is -3.37. The van der Waals surface area contributed by atoms with Gasteiger partial charge in [0.25, 0.3) is 0 Å². The van der Waals surface area contributed by atoms with E-state index in [4.69, 9.17) is 0 Å². The Balaban J connectivity index is 1.95. The largest absolute Gasteiger partial charge is 0.315 e. The Hall–Kier alpha value is -0.560. The van der Waals surface area contributed by atoms with Gasteiger partial charge in [0.05, 0.1) is 4.90 Å². The van der Waals surface area contributed by atoms with Crippen molar-refractivity contribution in [2.75, 3.05) is 19.3 Å². The van der Waals surface area contributed by atoms with Crippen LogP contribution in [0.2, 0.25) is 0 Å². The highest BCUT2D eigenvalue weighted by Gasteiger charge is 2.43. The highest BCUT2D eigenvalue weighted by molar-refractivity contribution is 7.98. The maximum Gasteiger partial charge on any atom is 0.243 e. The van der Waals surface area contributed by atoms with E-state index >= 15 is 0 Å². The van der Waals surface area contributed by atoms with Crippen LogP contribution in [0.15, 0.2) is 34.1 Å². The van der Waals surface area contributed by atoms with Crippen LogP contribution in [0.5, 0.6) is 0 Å². The third-order valence-corrected chi connectivity index (χ3v) is 6.64. The summed E-state index contributed by atoms with van der Waals surface area (Å²) in [6.07, 6.45) is 4.87. The summed E-state index contributed by atoms with van der Waals surface area (Å²) in [5, 5.41) is 3.27. The molecule has 2 fully saturated rings. The molecule has 0 bridgehead atoms. The molecule has 4 nitrogen and oxygen atoms in total. The number of rotatable bonds is 5. The van der Waals surface area contributed by atoms with E-state index in [1.54, 1.807) is 28.2 Å². The van der Waals surface area contributed by atoms with Gasteiger partial charge in [0.1, 0.15) is 0 Å². The van der Waals surface area contributed by atoms with Gasteiger partial charge in [0.15, 0.2) is 0 Å². The number of benzene rings is 1. The van der Waals surface area contributed by atoms with E-state index in [9.17, 15) is 8.42 Å². The number of hydrogen-bond acceptors (Lipinski definition) is 4. The van der Waals surface area contributed by atoms with Crippen LogP contribution in [-0.2, 0) is 10.0 Å². The topological polar surface area (TPSA) is 49.4 Å². The highest BCUT2D eigenvalue weighted by atomic mass is 32.2. The summed E-state index contributed by atoms with van der Waals surface area (Å²) >= 11 is 1.57. The molecule has 0 radical (unpaired) electrons. The van der Waals surface area contributed by atoms with Crippen LogP contribution in [0.25, 0.3) is 0 Å². The summed E-state index contributed by atoms with van der Waals surface area (Å²) < 4.78 is 27.7. The first-order valence-electron chi connectivity index (χ1n) is 7.01. The minimum Gasteiger partial charge on any atom is -0.315 e. The first-order valence-corrected chi connectivity index (χ1v) is 9.68. The summed E-state index contributed by atoms with van der Waals surface area (Å²) in [4.78, 5) is 1.43. The second-order valence-corrected chi connectivity index (χ2v) is 8.11. The lowest BCUT2D eigenvalue weighted by molar-refractivity contribution is 0.327. The second-order valence-electron chi connectivity index (χ2n) is 5.39. The van der Waals surface area contributed by atoms with Crippen LogP contribution < -0.4 is 5.32 Å². The average Bonchev–Trinajstić information content (AvgIpc) is 3.13. The molecular formula is C14H20N2O2S2. The Bertz CT molecular complexity index is 579. The Morgan fingerprint density at radius 2 is 2.05 bits per heavy atom. The fraction of sp³-hybridized carbons (Fsp3) is 0.571. The van der Waals surface area contributed by atoms with E-state index in [2.05, 4.69) is 5.32 Å². The van der Waals surface area contributed by atoms with Crippen molar-refractivity contribution >= 4 is 21.8 Å². The van der Waals surface area contributed by atoms with E-state index in [0.29, 0.717) is 4.90 Å². The Morgan fingerprint density at radius 3 is 2.65 bits per heavy atom. The molecule has 1 saturated heterocycles. The summed E-state index contributed by atoms with van der Waals surface area (Å²) in [5.41, 5.74) is 0. The lowest BCUT2D eigenvalue weighted by Gasteiger charge is -2.27. The third kappa shape index (κ3) is 2.74. The van der Waals surface area contributed by atoms with Crippen LogP contribution in [-0.4, -0.2) is 44.2 Å². The number of nitrogens with zero attached hydrogens (tertiary/aromatic N) is 1. The Kier molecular flexibility index (Phi) is 4.08. The fourth-order valence-electron chi connectivity index (χ4n) is 2.76. The zero-order valence-corrected chi connectivity index (χ0v) is 13.2. The zero-order valence-electron chi connectivity index (χ0n) is 11.6. The van der Waals surface area contributed by atoms with Crippen LogP contribution >= 0.6 is 11.8 Å². The molecule has 3 rings (SSSR count). The summed E-state index contributed by atoms with van der Waals surface area (Å²) in [6.45, 7) is 1.69. The van der Waals surface area contributed by atoms with Gasteiger partial charge in [-0.1, -0.05) is 6.07 Å². The standard InChI is InChI=1S/C14H20N2O2S2/c1-19-13-3-2-4-14(9-13)20(17,18)16(11-5-6-11)12-7-8-15-10-12/h2-4,9,11-12,15H,5-8,10H2,1H3. The molecule has 1 aromatic rings. The number of nitrogens with one attached hydrogen (secondary N) is 1. The molecule has 0 aromatic heterocycles. The minimum absolute atomic E-state index is 0.116. The van der Waals surface area contributed by atoms with Crippen molar-refractivity contribution in [3.63, 3.8) is 0 Å². The van der Waals surface area contributed by atoms with Crippen molar-refractivity contribution < 1.29 is 8.42 Å². The maximum atomic E-state index is 13.0. The number of thioether (sulfide) groups is 1. The molecule has 110 valence electrons. The molecule has 1 N–H and O–H groups in total. The molecule has 1 saturated carbocycles. The Morgan fingerprint density at radius 1 is 1.25 bits per heavy atom. The monoisotopic (exact) mass is 312 g/mol. The van der Waals surface area contributed by atoms with Crippen molar-refractivity contribution in [1.29, 1.82) is 0 Å². The molecule has 1 atom stereocenters. The van der Waals surface area contributed by atoms with Gasteiger partial charge >= 0.3 is 0 Å². The molecule has 20 heavy (non-hydrogen) atoms. The first kappa shape index (κ1) is 14.4. The highest BCUT2D eigenvalue weighted by Crippen LogP contribution is 2.35. The summed E-state index contributed by atoms with van der Waals surface area (Å²) in [6, 6.07) is 7.61. The molecule has 0 amide bonds. The van der Waals surface area contributed by atoms with Gasteiger partial charge in [-0.2, -0.15) is 4.31 Å². The zero-order chi connectivity index (χ0) is 14.2. The average molecular weight is 312 g/mol. The van der Waals surface area contributed by atoms with Gasteiger partial charge in [0, 0.05) is 23.5 Å². The predicted octanol–water partition coefficient (Wildman–Crippen LogP) is 1.92. The lowest BCUT2D eigenvalue weighted by Crippen LogP contribution is -2.43. The fourth-order valence-corrected chi connectivity index (χ4v) is 5.24.